The average Bonchev–Trinajstić information content (AvgIpc) is 3.10. The minimum Gasteiger partial charge on any atom is -0.545 e. The van der Waals surface area contributed by atoms with Crippen LogP contribution in [-0.2, 0) is 0 Å². The van der Waals surface area contributed by atoms with E-state index in [1.165, 1.54) is 141 Å². The molecule has 2 rings (SSSR count). The summed E-state index contributed by atoms with van der Waals surface area (Å²) >= 11 is 0. The Morgan fingerprint density at radius 2 is 0.725 bits per heavy atom. The largest absolute Gasteiger partial charge is 2.00 e. The van der Waals surface area contributed by atoms with Gasteiger partial charge in [-0.1, -0.05) is 168 Å². The van der Waals surface area contributed by atoms with Crippen LogP contribution in [0.1, 0.15) is 225 Å². The fourth-order valence-corrected chi connectivity index (χ4v) is 6.87. The van der Waals surface area contributed by atoms with Crippen LogP contribution in [0, 0.1) is 0 Å². The van der Waals surface area contributed by atoms with E-state index in [0.717, 1.165) is 36.8 Å². The second kappa shape index (κ2) is 31.7. The number of rotatable bonds is 28. The third kappa shape index (κ3) is 22.1. The van der Waals surface area contributed by atoms with Gasteiger partial charge in [-0.3, -0.25) is 0 Å². The Morgan fingerprint density at radius 3 is 1.02 bits per heavy atom. The molecule has 0 aliphatic rings. The summed E-state index contributed by atoms with van der Waals surface area (Å²) in [6, 6.07) is 9.97. The molecule has 0 heterocycles. The van der Waals surface area contributed by atoms with Gasteiger partial charge in [-0.05, 0) is 72.9 Å². The van der Waals surface area contributed by atoms with Crippen molar-refractivity contribution in [3.8, 4) is 11.5 Å². The minimum absolute atomic E-state index is 0. The summed E-state index contributed by atoms with van der Waals surface area (Å²) in [5.74, 6) is -2.26. The molecule has 2 aromatic rings. The van der Waals surface area contributed by atoms with Crippen LogP contribution in [0.15, 0.2) is 36.4 Å². The van der Waals surface area contributed by atoms with E-state index >= 15 is 0 Å². The molecule has 2 N–H and O–H groups in total. The van der Waals surface area contributed by atoms with Crippen molar-refractivity contribution in [3.63, 3.8) is 0 Å². The summed E-state index contributed by atoms with van der Waals surface area (Å²) in [7, 11) is 0. The van der Waals surface area contributed by atoms with Crippen LogP contribution in [0.25, 0.3) is 0 Å². The SMILES string of the molecule is CCCCCCCCCC(CCCCC)c1ccc(O)c(C(=O)[O-])c1.CCCCCCCCCC(CCCCC)c1ccc(O)c(C(=O)[O-])c1.[Ca+2]. The Hall–Kier alpha value is -1.76. The monoisotopic (exact) mass is 734 g/mol. The zero-order valence-corrected chi connectivity index (χ0v) is 35.0. The van der Waals surface area contributed by atoms with Gasteiger partial charge in [0.1, 0.15) is 11.5 Å². The average molecular weight is 735 g/mol. The molecule has 0 aliphatic carbocycles. The molecule has 2 aromatic carbocycles. The van der Waals surface area contributed by atoms with Crippen molar-refractivity contribution in [1.29, 1.82) is 0 Å². The van der Waals surface area contributed by atoms with E-state index in [0.29, 0.717) is 11.8 Å². The fourth-order valence-electron chi connectivity index (χ4n) is 6.87. The molecule has 284 valence electrons. The van der Waals surface area contributed by atoms with Gasteiger partial charge in [0.25, 0.3) is 0 Å². The number of phenols is 2. The number of aromatic carboxylic acids is 2. The van der Waals surface area contributed by atoms with Crippen molar-refractivity contribution < 1.29 is 30.0 Å². The fraction of sp³-hybridized carbons (Fsp3) is 0.682. The van der Waals surface area contributed by atoms with Gasteiger partial charge in [0.15, 0.2) is 0 Å². The number of hydrogen-bond acceptors (Lipinski definition) is 6. The molecule has 6 nitrogen and oxygen atoms in total. The van der Waals surface area contributed by atoms with Gasteiger partial charge >= 0.3 is 37.7 Å². The van der Waals surface area contributed by atoms with Crippen LogP contribution in [0.3, 0.4) is 0 Å². The van der Waals surface area contributed by atoms with E-state index in [2.05, 4.69) is 27.7 Å². The predicted octanol–water partition coefficient (Wildman–Crippen LogP) is 10.7. The molecule has 0 saturated carbocycles. The first kappa shape index (κ1) is 49.2. The second-order valence-electron chi connectivity index (χ2n) is 14.3. The normalized spacial score (nSPS) is 12.0. The molecule has 0 radical (unpaired) electrons. The molecular weight excluding hydrogens is 665 g/mol. The van der Waals surface area contributed by atoms with Crippen LogP contribution in [-0.4, -0.2) is 59.9 Å². The predicted molar refractivity (Wildman–Crippen MR) is 210 cm³/mol. The van der Waals surface area contributed by atoms with Gasteiger partial charge < -0.3 is 30.0 Å². The number of aromatic hydroxyl groups is 2. The first-order valence-corrected chi connectivity index (χ1v) is 20.3. The molecule has 0 aromatic heterocycles. The van der Waals surface area contributed by atoms with Crippen LogP contribution in [0.4, 0.5) is 0 Å². The first-order valence-electron chi connectivity index (χ1n) is 20.3. The van der Waals surface area contributed by atoms with Gasteiger partial charge in [0.05, 0.1) is 11.9 Å². The Morgan fingerprint density at radius 1 is 0.471 bits per heavy atom. The van der Waals surface area contributed by atoms with Crippen molar-refractivity contribution in [2.24, 2.45) is 0 Å². The zero-order valence-electron chi connectivity index (χ0n) is 32.8. The summed E-state index contributed by atoms with van der Waals surface area (Å²) in [6.45, 7) is 8.86. The maximum absolute atomic E-state index is 11.2. The number of hydrogen-bond donors (Lipinski definition) is 2. The maximum Gasteiger partial charge on any atom is 2.00 e. The number of carboxylic acids is 2. The second-order valence-corrected chi connectivity index (χ2v) is 14.3. The number of carboxylic acid groups (broad SMARTS) is 2. The van der Waals surface area contributed by atoms with E-state index in [-0.39, 0.29) is 60.4 Å². The van der Waals surface area contributed by atoms with Gasteiger partial charge in [0.2, 0.25) is 0 Å². The Bertz CT molecular complexity index is 1090. The first-order chi connectivity index (χ1) is 24.2. The molecule has 0 aliphatic heterocycles. The Labute approximate surface area is 341 Å². The molecule has 7 heteroatoms. The summed E-state index contributed by atoms with van der Waals surface area (Å²) in [6.07, 6.45) is 29.5. The van der Waals surface area contributed by atoms with Crippen molar-refractivity contribution in [2.45, 2.75) is 194 Å². The molecule has 0 bridgehead atoms. The van der Waals surface area contributed by atoms with Crippen molar-refractivity contribution in [2.75, 3.05) is 0 Å². The summed E-state index contributed by atoms with van der Waals surface area (Å²) in [4.78, 5) is 22.3. The molecule has 51 heavy (non-hydrogen) atoms. The van der Waals surface area contributed by atoms with Gasteiger partial charge in [-0.2, -0.15) is 0 Å². The van der Waals surface area contributed by atoms with E-state index in [4.69, 9.17) is 0 Å². The number of benzene rings is 2. The number of unbranched alkanes of at least 4 members (excludes halogenated alkanes) is 16. The van der Waals surface area contributed by atoms with Crippen molar-refractivity contribution in [1.82, 2.24) is 0 Å². The van der Waals surface area contributed by atoms with Crippen LogP contribution < -0.4 is 10.2 Å². The van der Waals surface area contributed by atoms with Crippen LogP contribution in [0.5, 0.6) is 11.5 Å². The summed E-state index contributed by atoms with van der Waals surface area (Å²) in [5.41, 5.74) is 1.88. The summed E-state index contributed by atoms with van der Waals surface area (Å²) < 4.78 is 0. The summed E-state index contributed by atoms with van der Waals surface area (Å²) in [5, 5.41) is 41.7. The smallest absolute Gasteiger partial charge is 0.545 e. The van der Waals surface area contributed by atoms with E-state index in [1.54, 1.807) is 12.1 Å². The number of carbonyl (C=O) groups excluding carboxylic acids is 2. The zero-order chi connectivity index (χ0) is 37.0. The van der Waals surface area contributed by atoms with E-state index < -0.39 is 11.9 Å². The van der Waals surface area contributed by atoms with Crippen LogP contribution >= 0.6 is 0 Å². The topological polar surface area (TPSA) is 121 Å². The van der Waals surface area contributed by atoms with Crippen molar-refractivity contribution in [3.05, 3.63) is 58.7 Å². The molecule has 0 saturated heterocycles. The van der Waals surface area contributed by atoms with Gasteiger partial charge in [0, 0.05) is 11.1 Å². The van der Waals surface area contributed by atoms with E-state index in [9.17, 15) is 30.0 Å². The molecular formula is C44H70CaO6. The maximum atomic E-state index is 11.2. The molecule has 0 amide bonds. The number of carbonyl (C=O) groups is 2. The standard InChI is InChI=1S/2C22H36O3.Ca/c2*1-3-5-7-8-9-10-12-14-18(13-11-6-4-2)19-15-16-21(23)20(17-19)22(24)25;/h2*15-18,23H,3-14H2,1-2H3,(H,24,25);/q;;+2/p-2. The molecule has 2 atom stereocenters. The third-order valence-corrected chi connectivity index (χ3v) is 10.0. The third-order valence-electron chi connectivity index (χ3n) is 10.0. The quantitative estimate of drug-likeness (QED) is 0.0663. The molecule has 0 spiro atoms. The van der Waals surface area contributed by atoms with Crippen molar-refractivity contribution >= 4 is 49.7 Å². The molecule has 0 fully saturated rings. The Kier molecular flexibility index (Phi) is 30.6. The molecule has 2 unspecified atom stereocenters. The van der Waals surface area contributed by atoms with Gasteiger partial charge in [-0.25, -0.2) is 0 Å². The Balaban J connectivity index is 0.000000962. The van der Waals surface area contributed by atoms with Gasteiger partial charge in [-0.15, -0.1) is 0 Å². The van der Waals surface area contributed by atoms with E-state index in [1.807, 2.05) is 12.1 Å². The van der Waals surface area contributed by atoms with Crippen LogP contribution in [0.2, 0.25) is 0 Å². The minimum atomic E-state index is -1.30.